The number of carbonyl (C=O) groups excluding carboxylic acids is 2. The van der Waals surface area contributed by atoms with E-state index >= 15 is 0 Å². The van der Waals surface area contributed by atoms with Crippen molar-refractivity contribution in [3.05, 3.63) is 58.1 Å². The molecule has 0 aliphatic carbocycles. The summed E-state index contributed by atoms with van der Waals surface area (Å²) in [6.07, 6.45) is 0.338. The molecule has 2 aromatic carbocycles. The van der Waals surface area contributed by atoms with Gasteiger partial charge in [0.2, 0.25) is 5.91 Å². The third-order valence-corrected chi connectivity index (χ3v) is 4.00. The Labute approximate surface area is 144 Å². The normalized spacial score (nSPS) is 10.2. The van der Waals surface area contributed by atoms with Gasteiger partial charge in [-0.05, 0) is 59.6 Å². The molecule has 23 heavy (non-hydrogen) atoms. The highest BCUT2D eigenvalue weighted by atomic mass is 79.9. The summed E-state index contributed by atoms with van der Waals surface area (Å²) in [5.74, 6) is -0.117. The van der Waals surface area contributed by atoms with Gasteiger partial charge in [0.05, 0.1) is 0 Å². The molecule has 120 valence electrons. The summed E-state index contributed by atoms with van der Waals surface area (Å²) in [7, 11) is 0. The van der Waals surface area contributed by atoms with Gasteiger partial charge in [0, 0.05) is 34.4 Å². The van der Waals surface area contributed by atoms with Crippen molar-refractivity contribution < 1.29 is 9.59 Å². The Morgan fingerprint density at radius 1 is 1.13 bits per heavy atom. The first-order valence-electron chi connectivity index (χ1n) is 7.36. The van der Waals surface area contributed by atoms with Gasteiger partial charge in [0.15, 0.2) is 5.78 Å². The Bertz CT molecular complexity index is 729. The molecule has 1 amide bonds. The lowest BCUT2D eigenvalue weighted by Crippen LogP contribution is -2.16. The highest BCUT2D eigenvalue weighted by molar-refractivity contribution is 9.10. The van der Waals surface area contributed by atoms with Crippen LogP contribution in [0.25, 0.3) is 0 Å². The lowest BCUT2D eigenvalue weighted by Gasteiger charge is -2.10. The second-order valence-corrected chi connectivity index (χ2v) is 6.20. The second kappa shape index (κ2) is 7.92. The van der Waals surface area contributed by atoms with Crippen LogP contribution >= 0.6 is 15.9 Å². The van der Waals surface area contributed by atoms with Crippen molar-refractivity contribution in [1.82, 2.24) is 0 Å². The fourth-order valence-corrected chi connectivity index (χ4v) is 2.75. The van der Waals surface area contributed by atoms with Crippen LogP contribution in [0.1, 0.15) is 29.3 Å². The molecule has 2 N–H and O–H groups in total. The summed E-state index contributed by atoms with van der Waals surface area (Å²) in [5, 5.41) is 6.03. The molecule has 0 fully saturated rings. The summed E-state index contributed by atoms with van der Waals surface area (Å²) in [5.41, 5.74) is 3.36. The molecule has 0 heterocycles. The lowest BCUT2D eigenvalue weighted by atomic mass is 10.1. The molecule has 0 spiro atoms. The monoisotopic (exact) mass is 374 g/mol. The molecule has 0 unspecified atom stereocenters. The zero-order valence-corrected chi connectivity index (χ0v) is 14.7. The van der Waals surface area contributed by atoms with Crippen LogP contribution < -0.4 is 10.6 Å². The fraction of sp³-hybridized carbons (Fsp3) is 0.222. The number of rotatable bonds is 6. The minimum atomic E-state index is -0.0959. The molecule has 0 saturated carbocycles. The fourth-order valence-electron chi connectivity index (χ4n) is 2.11. The Balaban J connectivity index is 1.85. The number of Topliss-reactive ketones (excluding diaryl/α,β-unsaturated/α-hetero) is 1. The summed E-state index contributed by atoms with van der Waals surface area (Å²) in [6, 6.07) is 13.0. The van der Waals surface area contributed by atoms with Crippen molar-refractivity contribution in [3.63, 3.8) is 0 Å². The number of carbonyl (C=O) groups is 2. The van der Waals surface area contributed by atoms with Gasteiger partial charge in [0.25, 0.3) is 0 Å². The van der Waals surface area contributed by atoms with E-state index in [4.69, 9.17) is 0 Å². The van der Waals surface area contributed by atoms with Gasteiger partial charge < -0.3 is 10.6 Å². The van der Waals surface area contributed by atoms with E-state index in [1.165, 1.54) is 12.5 Å². The molecule has 2 rings (SSSR count). The van der Waals surface area contributed by atoms with E-state index in [0.29, 0.717) is 24.2 Å². The number of anilines is 2. The topological polar surface area (TPSA) is 58.2 Å². The maximum Gasteiger partial charge on any atom is 0.226 e. The summed E-state index contributed by atoms with van der Waals surface area (Å²) >= 11 is 3.49. The van der Waals surface area contributed by atoms with Gasteiger partial charge in [-0.3, -0.25) is 9.59 Å². The van der Waals surface area contributed by atoms with Gasteiger partial charge in [-0.1, -0.05) is 18.2 Å². The zero-order valence-electron chi connectivity index (χ0n) is 13.2. The summed E-state index contributed by atoms with van der Waals surface area (Å²) in [4.78, 5) is 23.3. The molecule has 4 nitrogen and oxygen atoms in total. The smallest absolute Gasteiger partial charge is 0.226 e. The number of ketones is 1. The van der Waals surface area contributed by atoms with Crippen molar-refractivity contribution >= 4 is 39.0 Å². The number of benzene rings is 2. The Hall–Kier alpha value is -2.14. The quantitative estimate of drug-likeness (QED) is 0.736. The van der Waals surface area contributed by atoms with E-state index in [1.54, 1.807) is 24.3 Å². The Morgan fingerprint density at radius 2 is 1.91 bits per heavy atom. The molecule has 2 aromatic rings. The SMILES string of the molecule is CC(=O)c1cccc(NC(=O)CCNc2ccc(C)cc2Br)c1. The average Bonchev–Trinajstić information content (AvgIpc) is 2.49. The maximum absolute atomic E-state index is 12.0. The van der Waals surface area contributed by atoms with Gasteiger partial charge in [0.1, 0.15) is 0 Å². The maximum atomic E-state index is 12.0. The predicted molar refractivity (Wildman–Crippen MR) is 97.1 cm³/mol. The van der Waals surface area contributed by atoms with E-state index in [2.05, 4.69) is 26.6 Å². The van der Waals surface area contributed by atoms with Gasteiger partial charge in [-0.25, -0.2) is 0 Å². The van der Waals surface area contributed by atoms with Crippen molar-refractivity contribution in [1.29, 1.82) is 0 Å². The van der Waals surface area contributed by atoms with Crippen molar-refractivity contribution in [3.8, 4) is 0 Å². The number of nitrogens with one attached hydrogen (secondary N) is 2. The number of amides is 1. The van der Waals surface area contributed by atoms with Gasteiger partial charge >= 0.3 is 0 Å². The van der Waals surface area contributed by atoms with Crippen LogP contribution in [0.5, 0.6) is 0 Å². The summed E-state index contributed by atoms with van der Waals surface area (Å²) in [6.45, 7) is 4.06. The minimum Gasteiger partial charge on any atom is -0.384 e. The van der Waals surface area contributed by atoms with Crippen LogP contribution in [0.4, 0.5) is 11.4 Å². The van der Waals surface area contributed by atoms with E-state index in [1.807, 2.05) is 25.1 Å². The number of hydrogen-bond donors (Lipinski definition) is 2. The standard InChI is InChI=1S/C18H19BrN2O2/c1-12-6-7-17(16(19)10-12)20-9-8-18(23)21-15-5-3-4-14(11-15)13(2)22/h3-7,10-11,20H,8-9H2,1-2H3,(H,21,23). The highest BCUT2D eigenvalue weighted by Gasteiger charge is 2.06. The molecule has 0 radical (unpaired) electrons. The second-order valence-electron chi connectivity index (χ2n) is 5.35. The largest absolute Gasteiger partial charge is 0.384 e. The van der Waals surface area contributed by atoms with Crippen molar-refractivity contribution in [2.45, 2.75) is 20.3 Å². The Morgan fingerprint density at radius 3 is 2.61 bits per heavy atom. The first kappa shape index (κ1) is 17.2. The van der Waals surface area contributed by atoms with Crippen LogP contribution in [0.15, 0.2) is 46.9 Å². The average molecular weight is 375 g/mol. The van der Waals surface area contributed by atoms with E-state index in [-0.39, 0.29) is 11.7 Å². The zero-order chi connectivity index (χ0) is 16.8. The predicted octanol–water partition coefficient (Wildman–Crippen LogP) is 4.40. The molecular weight excluding hydrogens is 356 g/mol. The molecular formula is C18H19BrN2O2. The Kier molecular flexibility index (Phi) is 5.93. The molecule has 0 aliphatic rings. The molecule has 0 aromatic heterocycles. The van der Waals surface area contributed by atoms with Crippen LogP contribution in [-0.2, 0) is 4.79 Å². The van der Waals surface area contributed by atoms with Gasteiger partial charge in [-0.15, -0.1) is 0 Å². The molecule has 0 saturated heterocycles. The van der Waals surface area contributed by atoms with Crippen molar-refractivity contribution in [2.24, 2.45) is 0 Å². The number of aryl methyl sites for hydroxylation is 1. The van der Waals surface area contributed by atoms with E-state index in [9.17, 15) is 9.59 Å². The first-order valence-corrected chi connectivity index (χ1v) is 8.16. The number of halogens is 1. The molecule has 0 bridgehead atoms. The third-order valence-electron chi connectivity index (χ3n) is 3.34. The minimum absolute atomic E-state index is 0.0213. The van der Waals surface area contributed by atoms with Crippen LogP contribution in [0.3, 0.4) is 0 Å². The van der Waals surface area contributed by atoms with Gasteiger partial charge in [-0.2, -0.15) is 0 Å². The highest BCUT2D eigenvalue weighted by Crippen LogP contribution is 2.23. The first-order chi connectivity index (χ1) is 11.0. The van der Waals surface area contributed by atoms with Crippen LogP contribution in [0, 0.1) is 6.92 Å². The van der Waals surface area contributed by atoms with E-state index < -0.39 is 0 Å². The molecule has 0 atom stereocenters. The van der Waals surface area contributed by atoms with E-state index in [0.717, 1.165) is 10.2 Å². The van der Waals surface area contributed by atoms with Crippen LogP contribution in [-0.4, -0.2) is 18.2 Å². The third kappa shape index (κ3) is 5.21. The molecule has 0 aliphatic heterocycles. The van der Waals surface area contributed by atoms with Crippen molar-refractivity contribution in [2.75, 3.05) is 17.2 Å². The van der Waals surface area contributed by atoms with Crippen LogP contribution in [0.2, 0.25) is 0 Å². The lowest BCUT2D eigenvalue weighted by molar-refractivity contribution is -0.115. The summed E-state index contributed by atoms with van der Waals surface area (Å²) < 4.78 is 0.979. The molecule has 5 heteroatoms. The number of hydrogen-bond acceptors (Lipinski definition) is 3.